The van der Waals surface area contributed by atoms with Crippen LogP contribution in [0.15, 0.2) is 92.5 Å². The van der Waals surface area contributed by atoms with Gasteiger partial charge in [-0.3, -0.25) is 19.6 Å². The molecule has 0 amide bonds. The lowest BCUT2D eigenvalue weighted by molar-refractivity contribution is 0.601. The Bertz CT molecular complexity index is 2220. The monoisotopic (exact) mass is 682 g/mol. The van der Waals surface area contributed by atoms with Crippen LogP contribution in [-0.2, 0) is 5.41 Å². The van der Waals surface area contributed by atoms with Gasteiger partial charge >= 0.3 is 0 Å². The van der Waals surface area contributed by atoms with Crippen molar-refractivity contribution in [3.8, 4) is 34.2 Å². The molecule has 0 aliphatic rings. The SMILES string of the molecule is CC(C)(C)c1sc2c(=O)[nH]c(-c3ccccn3)nc2c1Br.Cc1ccc(-c2csc3c(=O)[nH]c(-c4ccccn4)nc23)cc1. The molecule has 0 spiro atoms. The summed E-state index contributed by atoms with van der Waals surface area (Å²) in [6.07, 6.45) is 3.37. The highest BCUT2D eigenvalue weighted by atomic mass is 79.9. The number of rotatable bonds is 3. The molecule has 6 heterocycles. The van der Waals surface area contributed by atoms with Crippen LogP contribution in [0, 0.1) is 6.92 Å². The Kier molecular flexibility index (Phi) is 8.10. The van der Waals surface area contributed by atoms with Crippen molar-refractivity contribution in [2.24, 2.45) is 0 Å². The summed E-state index contributed by atoms with van der Waals surface area (Å²) in [6, 6.07) is 19.3. The number of hydrogen-bond donors (Lipinski definition) is 2. The van der Waals surface area contributed by atoms with Gasteiger partial charge in [0.1, 0.15) is 26.3 Å². The van der Waals surface area contributed by atoms with Crippen molar-refractivity contribution >= 4 is 59.0 Å². The van der Waals surface area contributed by atoms with Crippen molar-refractivity contribution in [1.82, 2.24) is 29.9 Å². The number of halogens is 1. The third-order valence-electron chi connectivity index (χ3n) is 6.77. The van der Waals surface area contributed by atoms with Gasteiger partial charge in [0.05, 0.1) is 9.99 Å². The molecule has 2 N–H and O–H groups in total. The first-order valence-electron chi connectivity index (χ1n) is 13.7. The van der Waals surface area contributed by atoms with Gasteiger partial charge in [-0.25, -0.2) is 9.97 Å². The van der Waals surface area contributed by atoms with E-state index in [4.69, 9.17) is 0 Å². The molecule has 0 unspecified atom stereocenters. The predicted molar refractivity (Wildman–Crippen MR) is 184 cm³/mol. The molecule has 44 heavy (non-hydrogen) atoms. The summed E-state index contributed by atoms with van der Waals surface area (Å²) in [7, 11) is 0. The van der Waals surface area contributed by atoms with Gasteiger partial charge < -0.3 is 9.97 Å². The molecule has 0 bridgehead atoms. The van der Waals surface area contributed by atoms with Gasteiger partial charge in [0.25, 0.3) is 11.1 Å². The predicted octanol–water partition coefficient (Wildman–Crippen LogP) is 8.13. The van der Waals surface area contributed by atoms with E-state index in [2.05, 4.69) is 97.8 Å². The molecule has 0 fully saturated rings. The third kappa shape index (κ3) is 5.90. The van der Waals surface area contributed by atoms with E-state index in [-0.39, 0.29) is 16.5 Å². The minimum Gasteiger partial charge on any atom is -0.304 e. The first-order valence-corrected chi connectivity index (χ1v) is 16.2. The molecule has 0 saturated carbocycles. The summed E-state index contributed by atoms with van der Waals surface area (Å²) in [5.41, 5.74) is 5.70. The first kappa shape index (κ1) is 29.7. The summed E-state index contributed by atoms with van der Waals surface area (Å²) < 4.78 is 2.19. The molecule has 0 atom stereocenters. The van der Waals surface area contributed by atoms with Crippen molar-refractivity contribution in [2.75, 3.05) is 0 Å². The lowest BCUT2D eigenvalue weighted by Crippen LogP contribution is -2.08. The Morgan fingerprint density at radius 3 is 1.86 bits per heavy atom. The van der Waals surface area contributed by atoms with Gasteiger partial charge in [0.15, 0.2) is 11.6 Å². The number of hydrogen-bond acceptors (Lipinski definition) is 8. The highest BCUT2D eigenvalue weighted by molar-refractivity contribution is 9.10. The quantitative estimate of drug-likeness (QED) is 0.194. The summed E-state index contributed by atoms with van der Waals surface area (Å²) in [6.45, 7) is 8.42. The summed E-state index contributed by atoms with van der Waals surface area (Å²) in [5, 5.41) is 1.99. The van der Waals surface area contributed by atoms with Crippen LogP contribution in [-0.4, -0.2) is 29.9 Å². The maximum atomic E-state index is 12.4. The Labute approximate surface area is 269 Å². The Hall–Kier alpha value is -4.32. The standard InChI is InChI=1S/C18H13N3OS.C15H14BrN3OS/c1-11-5-7-12(8-6-11)13-10-23-16-15(13)20-17(21-18(16)22)14-4-2-3-9-19-14;1-15(2,3)12-9(16)10-11(21-12)14(20)19-13(18-10)8-6-4-5-7-17-8/h2-10H,1H3,(H,20,21,22);4-7H,1-3H3,(H,18,19,20). The van der Waals surface area contributed by atoms with Crippen molar-refractivity contribution < 1.29 is 0 Å². The fourth-order valence-electron chi connectivity index (χ4n) is 4.56. The minimum absolute atomic E-state index is 0.0399. The van der Waals surface area contributed by atoms with Gasteiger partial charge in [-0.2, -0.15) is 0 Å². The van der Waals surface area contributed by atoms with Gasteiger partial charge in [0, 0.05) is 28.2 Å². The molecule has 1 aromatic carbocycles. The molecule has 0 aliphatic carbocycles. The van der Waals surface area contributed by atoms with Crippen molar-refractivity contribution in [3.63, 3.8) is 0 Å². The van der Waals surface area contributed by atoms with E-state index in [1.807, 2.05) is 41.8 Å². The van der Waals surface area contributed by atoms with E-state index in [9.17, 15) is 9.59 Å². The smallest absolute Gasteiger partial charge is 0.269 e. The van der Waals surface area contributed by atoms with Crippen LogP contribution in [0.3, 0.4) is 0 Å². The molecular formula is C33H27BrN6O2S2. The molecule has 11 heteroatoms. The first-order chi connectivity index (χ1) is 21.1. The normalized spacial score (nSPS) is 11.5. The zero-order valence-electron chi connectivity index (χ0n) is 24.3. The maximum absolute atomic E-state index is 12.4. The zero-order valence-corrected chi connectivity index (χ0v) is 27.5. The second-order valence-electron chi connectivity index (χ2n) is 11.1. The highest BCUT2D eigenvalue weighted by Gasteiger charge is 2.24. The topological polar surface area (TPSA) is 117 Å². The largest absolute Gasteiger partial charge is 0.304 e. The molecule has 8 nitrogen and oxygen atoms in total. The van der Waals surface area contributed by atoms with Crippen LogP contribution in [0.2, 0.25) is 0 Å². The van der Waals surface area contributed by atoms with Crippen LogP contribution < -0.4 is 11.1 Å². The molecule has 6 aromatic heterocycles. The second kappa shape index (κ2) is 12.0. The van der Waals surface area contributed by atoms with E-state index < -0.39 is 0 Å². The molecular weight excluding hydrogens is 656 g/mol. The van der Waals surface area contributed by atoms with Gasteiger partial charge in [-0.05, 0) is 58.1 Å². The number of nitrogens with one attached hydrogen (secondary N) is 2. The second-order valence-corrected chi connectivity index (χ2v) is 13.8. The Morgan fingerprint density at radius 2 is 1.32 bits per heavy atom. The van der Waals surface area contributed by atoms with Gasteiger partial charge in [0.2, 0.25) is 0 Å². The number of thiophene rings is 2. The van der Waals surface area contributed by atoms with E-state index in [1.165, 1.54) is 28.2 Å². The summed E-state index contributed by atoms with van der Waals surface area (Å²) in [4.78, 5) is 49.2. The number of fused-ring (bicyclic) bond motifs is 2. The fourth-order valence-corrected chi connectivity index (χ4v) is 7.81. The molecule has 7 rings (SSSR count). The van der Waals surface area contributed by atoms with Gasteiger partial charge in [-0.1, -0.05) is 62.7 Å². The number of aromatic nitrogens is 6. The summed E-state index contributed by atoms with van der Waals surface area (Å²) in [5.74, 6) is 0.988. The van der Waals surface area contributed by atoms with Crippen LogP contribution in [0.4, 0.5) is 0 Å². The Morgan fingerprint density at radius 1 is 0.750 bits per heavy atom. The van der Waals surface area contributed by atoms with Crippen LogP contribution >= 0.6 is 38.6 Å². The van der Waals surface area contributed by atoms with Crippen molar-refractivity contribution in [3.05, 3.63) is 114 Å². The summed E-state index contributed by atoms with van der Waals surface area (Å²) >= 11 is 6.51. The molecule has 0 aliphatic heterocycles. The molecule has 0 saturated heterocycles. The number of benzene rings is 1. The van der Waals surface area contributed by atoms with E-state index >= 15 is 0 Å². The zero-order chi connectivity index (χ0) is 31.0. The number of pyridine rings is 2. The Balaban J connectivity index is 0.000000157. The highest BCUT2D eigenvalue weighted by Crippen LogP contribution is 2.40. The molecule has 220 valence electrons. The number of nitrogens with zero attached hydrogens (tertiary/aromatic N) is 4. The third-order valence-corrected chi connectivity index (χ3v) is 10.4. The minimum atomic E-state index is -0.126. The van der Waals surface area contributed by atoms with Crippen LogP contribution in [0.25, 0.3) is 54.6 Å². The average Bonchev–Trinajstić information content (AvgIpc) is 3.61. The molecule has 0 radical (unpaired) electrons. The lowest BCUT2D eigenvalue weighted by Gasteiger charge is -2.16. The fraction of sp³-hybridized carbons (Fsp3) is 0.152. The average molecular weight is 684 g/mol. The number of aryl methyl sites for hydroxylation is 1. The van der Waals surface area contributed by atoms with Crippen molar-refractivity contribution in [1.29, 1.82) is 0 Å². The molecule has 7 aromatic rings. The van der Waals surface area contributed by atoms with E-state index in [1.54, 1.807) is 12.4 Å². The van der Waals surface area contributed by atoms with Crippen LogP contribution in [0.5, 0.6) is 0 Å². The van der Waals surface area contributed by atoms with Crippen LogP contribution in [0.1, 0.15) is 31.2 Å². The van der Waals surface area contributed by atoms with E-state index in [0.29, 0.717) is 38.0 Å². The number of aromatic amines is 2. The van der Waals surface area contributed by atoms with E-state index in [0.717, 1.165) is 26.0 Å². The lowest BCUT2D eigenvalue weighted by atomic mass is 9.95. The van der Waals surface area contributed by atoms with Gasteiger partial charge in [-0.15, -0.1) is 22.7 Å². The van der Waals surface area contributed by atoms with Crippen molar-refractivity contribution in [2.45, 2.75) is 33.1 Å². The maximum Gasteiger partial charge on any atom is 0.269 e. The number of H-pyrrole nitrogens is 2.